The maximum Gasteiger partial charge on any atom is 0.178 e. The lowest BCUT2D eigenvalue weighted by Gasteiger charge is -2.02. The van der Waals surface area contributed by atoms with E-state index in [4.69, 9.17) is 21.9 Å². The number of hydrogen-bond acceptors (Lipinski definition) is 4. The van der Waals surface area contributed by atoms with Gasteiger partial charge in [-0.15, -0.1) is 11.3 Å². The van der Waals surface area contributed by atoms with Crippen LogP contribution in [0.25, 0.3) is 22.5 Å². The first kappa shape index (κ1) is 14.1. The van der Waals surface area contributed by atoms with Gasteiger partial charge in [0.15, 0.2) is 11.6 Å². The third-order valence-electron chi connectivity index (χ3n) is 2.73. The minimum absolute atomic E-state index is 0.344. The van der Waals surface area contributed by atoms with Crippen LogP contribution in [-0.2, 0) is 0 Å². The smallest absolute Gasteiger partial charge is 0.178 e. The normalized spacial score (nSPS) is 10.9. The van der Waals surface area contributed by atoms with Crippen LogP contribution in [0.3, 0.4) is 0 Å². The SMILES string of the molecule is Nc1noc(-c2cc(Br)sc2Br)c1-c1cccc(Cl)c1. The Labute approximate surface area is 141 Å². The van der Waals surface area contributed by atoms with Gasteiger partial charge in [0.1, 0.15) is 0 Å². The van der Waals surface area contributed by atoms with E-state index in [2.05, 4.69) is 37.0 Å². The van der Waals surface area contributed by atoms with Gasteiger partial charge in [0.05, 0.1) is 13.1 Å². The van der Waals surface area contributed by atoms with Crippen molar-refractivity contribution >= 4 is 60.6 Å². The predicted octanol–water partition coefficient (Wildman–Crippen LogP) is 5.83. The number of nitrogens with two attached hydrogens (primary N) is 1. The Hall–Kier alpha value is -0.820. The molecule has 2 aromatic heterocycles. The van der Waals surface area contributed by atoms with E-state index in [0.29, 0.717) is 16.6 Å². The monoisotopic (exact) mass is 432 g/mol. The number of aromatic nitrogens is 1. The molecule has 0 aliphatic heterocycles. The average Bonchev–Trinajstić information content (AvgIpc) is 2.92. The van der Waals surface area contributed by atoms with Crippen LogP contribution in [0.2, 0.25) is 5.02 Å². The molecule has 102 valence electrons. The van der Waals surface area contributed by atoms with Gasteiger partial charge in [-0.25, -0.2) is 0 Å². The molecule has 0 fully saturated rings. The van der Waals surface area contributed by atoms with Crippen molar-refractivity contribution in [3.8, 4) is 22.5 Å². The third kappa shape index (κ3) is 2.53. The van der Waals surface area contributed by atoms with Crippen molar-refractivity contribution in [2.45, 2.75) is 0 Å². The van der Waals surface area contributed by atoms with Crippen LogP contribution in [-0.4, -0.2) is 5.16 Å². The molecule has 0 unspecified atom stereocenters. The van der Waals surface area contributed by atoms with E-state index in [9.17, 15) is 0 Å². The van der Waals surface area contributed by atoms with Crippen LogP contribution >= 0.6 is 54.8 Å². The molecule has 0 spiro atoms. The predicted molar refractivity (Wildman–Crippen MR) is 90.1 cm³/mol. The van der Waals surface area contributed by atoms with Gasteiger partial charge in [-0.05, 0) is 55.6 Å². The molecule has 3 aromatic rings. The molecule has 7 heteroatoms. The Balaban J connectivity index is 2.22. The van der Waals surface area contributed by atoms with E-state index in [1.165, 1.54) is 0 Å². The summed E-state index contributed by atoms with van der Waals surface area (Å²) < 4.78 is 7.35. The Bertz CT molecular complexity index is 785. The minimum atomic E-state index is 0.344. The highest BCUT2D eigenvalue weighted by Crippen LogP contribution is 2.44. The Kier molecular flexibility index (Phi) is 3.90. The molecule has 20 heavy (non-hydrogen) atoms. The first-order valence-electron chi connectivity index (χ1n) is 5.52. The zero-order valence-electron chi connectivity index (χ0n) is 9.86. The van der Waals surface area contributed by atoms with Gasteiger partial charge < -0.3 is 10.3 Å². The number of thiophene rings is 1. The third-order valence-corrected chi connectivity index (χ3v) is 5.31. The summed E-state index contributed by atoms with van der Waals surface area (Å²) in [6.45, 7) is 0. The second-order valence-electron chi connectivity index (χ2n) is 4.02. The zero-order valence-corrected chi connectivity index (χ0v) is 14.6. The van der Waals surface area contributed by atoms with Crippen molar-refractivity contribution < 1.29 is 4.52 Å². The molecule has 0 saturated heterocycles. The van der Waals surface area contributed by atoms with Gasteiger partial charge in [-0.3, -0.25) is 0 Å². The fraction of sp³-hybridized carbons (Fsp3) is 0. The maximum absolute atomic E-state index is 6.04. The van der Waals surface area contributed by atoms with Crippen LogP contribution in [0, 0.1) is 0 Å². The highest BCUT2D eigenvalue weighted by Gasteiger charge is 2.21. The largest absolute Gasteiger partial charge is 0.380 e. The molecular formula is C13H7Br2ClN2OS. The van der Waals surface area contributed by atoms with Gasteiger partial charge in [0.2, 0.25) is 0 Å². The second kappa shape index (κ2) is 5.52. The van der Waals surface area contributed by atoms with Crippen molar-refractivity contribution in [2.75, 3.05) is 5.73 Å². The molecule has 0 aliphatic rings. The molecule has 2 heterocycles. The summed E-state index contributed by atoms with van der Waals surface area (Å²) in [5.41, 5.74) is 8.47. The molecule has 0 aliphatic carbocycles. The standard InChI is InChI=1S/C13H7Br2ClN2OS/c14-9-5-8(12(15)20-9)11-10(13(17)18-19-11)6-2-1-3-7(16)4-6/h1-5H,(H2,17,18). The maximum atomic E-state index is 6.04. The summed E-state index contributed by atoms with van der Waals surface area (Å²) in [7, 11) is 0. The van der Waals surface area contributed by atoms with E-state index in [-0.39, 0.29) is 0 Å². The molecule has 2 N–H and O–H groups in total. The van der Waals surface area contributed by atoms with E-state index in [1.54, 1.807) is 11.3 Å². The highest BCUT2D eigenvalue weighted by atomic mass is 79.9. The van der Waals surface area contributed by atoms with Crippen molar-refractivity contribution in [3.05, 3.63) is 42.9 Å². The molecule has 0 radical (unpaired) electrons. The molecule has 0 amide bonds. The lowest BCUT2D eigenvalue weighted by Crippen LogP contribution is -1.88. The molecule has 0 bridgehead atoms. The van der Waals surface area contributed by atoms with Crippen LogP contribution < -0.4 is 5.73 Å². The van der Waals surface area contributed by atoms with Gasteiger partial charge in [0, 0.05) is 10.6 Å². The Morgan fingerprint density at radius 2 is 2.05 bits per heavy atom. The Morgan fingerprint density at radius 3 is 2.70 bits per heavy atom. The van der Waals surface area contributed by atoms with Gasteiger partial charge in [-0.2, -0.15) is 0 Å². The van der Waals surface area contributed by atoms with Crippen LogP contribution in [0.15, 0.2) is 42.4 Å². The van der Waals surface area contributed by atoms with Crippen molar-refractivity contribution in [1.82, 2.24) is 5.16 Å². The first-order valence-corrected chi connectivity index (χ1v) is 8.30. The van der Waals surface area contributed by atoms with Gasteiger partial charge in [0.25, 0.3) is 0 Å². The molecule has 3 rings (SSSR count). The number of halogens is 3. The summed E-state index contributed by atoms with van der Waals surface area (Å²) in [4.78, 5) is 0. The number of rotatable bonds is 2. The lowest BCUT2D eigenvalue weighted by atomic mass is 10.0. The lowest BCUT2D eigenvalue weighted by molar-refractivity contribution is 0.436. The molecule has 1 aromatic carbocycles. The number of nitrogen functional groups attached to an aromatic ring is 1. The van der Waals surface area contributed by atoms with Crippen LogP contribution in [0.4, 0.5) is 5.82 Å². The molecule has 0 saturated carbocycles. The summed E-state index contributed by atoms with van der Waals surface area (Å²) in [6.07, 6.45) is 0. The number of anilines is 1. The first-order chi connectivity index (χ1) is 9.56. The number of hydrogen-bond donors (Lipinski definition) is 1. The van der Waals surface area contributed by atoms with Crippen LogP contribution in [0.1, 0.15) is 0 Å². The number of benzene rings is 1. The van der Waals surface area contributed by atoms with Crippen molar-refractivity contribution in [2.24, 2.45) is 0 Å². The summed E-state index contributed by atoms with van der Waals surface area (Å²) >= 11 is 14.6. The summed E-state index contributed by atoms with van der Waals surface area (Å²) in [5, 5.41) is 4.52. The van der Waals surface area contributed by atoms with Crippen molar-refractivity contribution in [1.29, 1.82) is 0 Å². The zero-order chi connectivity index (χ0) is 14.3. The van der Waals surface area contributed by atoms with Gasteiger partial charge in [-0.1, -0.05) is 28.9 Å². The summed E-state index contributed by atoms with van der Waals surface area (Å²) in [5.74, 6) is 0.968. The second-order valence-corrected chi connectivity index (χ2v) is 8.21. The van der Waals surface area contributed by atoms with E-state index >= 15 is 0 Å². The van der Waals surface area contributed by atoms with Gasteiger partial charge >= 0.3 is 0 Å². The Morgan fingerprint density at radius 1 is 1.25 bits per heavy atom. The molecule has 3 nitrogen and oxygen atoms in total. The van der Waals surface area contributed by atoms with Crippen molar-refractivity contribution in [3.63, 3.8) is 0 Å². The number of nitrogens with zero attached hydrogens (tertiary/aromatic N) is 1. The van der Waals surface area contributed by atoms with E-state index in [0.717, 1.165) is 24.3 Å². The summed E-state index contributed by atoms with van der Waals surface area (Å²) in [6, 6.07) is 9.40. The topological polar surface area (TPSA) is 52.0 Å². The minimum Gasteiger partial charge on any atom is -0.380 e. The fourth-order valence-electron chi connectivity index (χ4n) is 1.90. The molecular weight excluding hydrogens is 427 g/mol. The van der Waals surface area contributed by atoms with Crippen LogP contribution in [0.5, 0.6) is 0 Å². The highest BCUT2D eigenvalue weighted by molar-refractivity contribution is 9.12. The fourth-order valence-corrected chi connectivity index (χ4v) is 4.89. The van der Waals surface area contributed by atoms with E-state index < -0.39 is 0 Å². The van der Waals surface area contributed by atoms with E-state index in [1.807, 2.05) is 30.3 Å². The quantitative estimate of drug-likeness (QED) is 0.552. The average molecular weight is 435 g/mol. The molecule has 0 atom stereocenters.